The maximum absolute atomic E-state index is 11.9. The molecule has 1 amide bonds. The van der Waals surface area contributed by atoms with Crippen molar-refractivity contribution in [1.82, 2.24) is 20.1 Å². The van der Waals surface area contributed by atoms with Gasteiger partial charge < -0.3 is 5.32 Å². The summed E-state index contributed by atoms with van der Waals surface area (Å²) < 4.78 is 1.71. The summed E-state index contributed by atoms with van der Waals surface area (Å²) in [4.78, 5) is 17.0. The second-order valence-electron chi connectivity index (χ2n) is 3.84. The van der Waals surface area contributed by atoms with Crippen molar-refractivity contribution in [3.05, 3.63) is 33.5 Å². The third-order valence-electron chi connectivity index (χ3n) is 2.33. The van der Waals surface area contributed by atoms with Crippen LogP contribution in [0.1, 0.15) is 25.9 Å². The van der Waals surface area contributed by atoms with Crippen molar-refractivity contribution in [2.24, 2.45) is 7.05 Å². The molecule has 2 aromatic heterocycles. The summed E-state index contributed by atoms with van der Waals surface area (Å²) in [5, 5.41) is 7.79. The molecule has 0 radical (unpaired) electrons. The molecular weight excluding hydrogens is 236 g/mol. The van der Waals surface area contributed by atoms with Crippen LogP contribution in [0.25, 0.3) is 0 Å². The van der Waals surface area contributed by atoms with E-state index >= 15 is 0 Å². The van der Waals surface area contributed by atoms with E-state index in [2.05, 4.69) is 15.4 Å². The molecule has 17 heavy (non-hydrogen) atoms. The number of aromatic nitrogens is 3. The SMILES string of the molecule is Cc1nc(C(=O)NCc2cnn(C)c2)c(C)s1. The largest absolute Gasteiger partial charge is 0.346 e. The number of nitrogens with one attached hydrogen (secondary N) is 1. The molecule has 2 rings (SSSR count). The number of aryl methyl sites for hydroxylation is 3. The zero-order valence-corrected chi connectivity index (χ0v) is 10.8. The van der Waals surface area contributed by atoms with E-state index in [1.807, 2.05) is 27.1 Å². The van der Waals surface area contributed by atoms with Crippen LogP contribution in [0.3, 0.4) is 0 Å². The maximum Gasteiger partial charge on any atom is 0.271 e. The summed E-state index contributed by atoms with van der Waals surface area (Å²) in [5.74, 6) is -0.129. The number of hydrogen-bond acceptors (Lipinski definition) is 4. The number of thiazole rings is 1. The van der Waals surface area contributed by atoms with E-state index in [0.29, 0.717) is 12.2 Å². The van der Waals surface area contributed by atoms with Gasteiger partial charge in [0.2, 0.25) is 0 Å². The van der Waals surface area contributed by atoms with Gasteiger partial charge in [-0.1, -0.05) is 0 Å². The third-order valence-corrected chi connectivity index (χ3v) is 3.22. The van der Waals surface area contributed by atoms with Crippen LogP contribution in [-0.4, -0.2) is 20.7 Å². The van der Waals surface area contributed by atoms with Gasteiger partial charge >= 0.3 is 0 Å². The Kier molecular flexibility index (Phi) is 3.23. The Balaban J connectivity index is 2.00. The summed E-state index contributed by atoms with van der Waals surface area (Å²) in [6, 6.07) is 0. The lowest BCUT2D eigenvalue weighted by molar-refractivity contribution is 0.0946. The van der Waals surface area contributed by atoms with Crippen LogP contribution in [-0.2, 0) is 13.6 Å². The van der Waals surface area contributed by atoms with Gasteiger partial charge in [-0.15, -0.1) is 11.3 Å². The molecule has 6 heteroatoms. The highest BCUT2D eigenvalue weighted by molar-refractivity contribution is 7.11. The fourth-order valence-electron chi connectivity index (χ4n) is 1.57. The van der Waals surface area contributed by atoms with Crippen LogP contribution >= 0.6 is 11.3 Å². The highest BCUT2D eigenvalue weighted by Gasteiger charge is 2.13. The Bertz CT molecular complexity index is 543. The van der Waals surface area contributed by atoms with Gasteiger partial charge in [-0.3, -0.25) is 9.48 Å². The highest BCUT2D eigenvalue weighted by Crippen LogP contribution is 2.16. The first kappa shape index (κ1) is 11.8. The van der Waals surface area contributed by atoms with E-state index in [9.17, 15) is 4.79 Å². The van der Waals surface area contributed by atoms with Gasteiger partial charge in [-0.25, -0.2) is 4.98 Å². The molecule has 0 saturated heterocycles. The third kappa shape index (κ3) is 2.71. The number of rotatable bonds is 3. The van der Waals surface area contributed by atoms with Crippen LogP contribution in [0.2, 0.25) is 0 Å². The van der Waals surface area contributed by atoms with Gasteiger partial charge in [0.05, 0.1) is 11.2 Å². The van der Waals surface area contributed by atoms with E-state index in [-0.39, 0.29) is 5.91 Å². The lowest BCUT2D eigenvalue weighted by Crippen LogP contribution is -2.23. The van der Waals surface area contributed by atoms with E-state index in [1.54, 1.807) is 10.9 Å². The molecule has 1 N–H and O–H groups in total. The van der Waals surface area contributed by atoms with Crippen LogP contribution in [0.4, 0.5) is 0 Å². The summed E-state index contributed by atoms with van der Waals surface area (Å²) in [6.07, 6.45) is 3.61. The van der Waals surface area contributed by atoms with Crippen LogP contribution in [0, 0.1) is 13.8 Å². The van der Waals surface area contributed by atoms with Crippen LogP contribution in [0.5, 0.6) is 0 Å². The molecule has 0 atom stereocenters. The Morgan fingerprint density at radius 2 is 2.29 bits per heavy atom. The van der Waals surface area contributed by atoms with Crippen molar-refractivity contribution in [2.75, 3.05) is 0 Å². The topological polar surface area (TPSA) is 59.8 Å². The fraction of sp³-hybridized carbons (Fsp3) is 0.364. The predicted molar refractivity (Wildman–Crippen MR) is 66.0 cm³/mol. The normalized spacial score (nSPS) is 10.5. The van der Waals surface area contributed by atoms with Gasteiger partial charge in [-0.05, 0) is 13.8 Å². The van der Waals surface area contributed by atoms with Gasteiger partial charge in [0.1, 0.15) is 5.69 Å². The summed E-state index contributed by atoms with van der Waals surface area (Å²) >= 11 is 1.53. The van der Waals surface area contributed by atoms with Crippen molar-refractivity contribution < 1.29 is 4.79 Å². The van der Waals surface area contributed by atoms with E-state index in [0.717, 1.165) is 15.4 Å². The molecule has 0 spiro atoms. The highest BCUT2D eigenvalue weighted by atomic mass is 32.1. The number of amides is 1. The molecule has 0 aliphatic carbocycles. The Morgan fingerprint density at radius 1 is 1.53 bits per heavy atom. The minimum Gasteiger partial charge on any atom is -0.346 e. The van der Waals surface area contributed by atoms with Gasteiger partial charge in [0, 0.05) is 30.2 Å². The first-order valence-corrected chi connectivity index (χ1v) is 6.07. The molecule has 0 aliphatic rings. The molecule has 2 heterocycles. The number of hydrogen-bond donors (Lipinski definition) is 1. The van der Waals surface area contributed by atoms with Crippen molar-refractivity contribution in [2.45, 2.75) is 20.4 Å². The molecule has 0 unspecified atom stereocenters. The molecule has 0 fully saturated rings. The first-order chi connectivity index (χ1) is 8.06. The average molecular weight is 250 g/mol. The number of carbonyl (C=O) groups is 1. The maximum atomic E-state index is 11.9. The van der Waals surface area contributed by atoms with Gasteiger partial charge in [-0.2, -0.15) is 5.10 Å². The fourth-order valence-corrected chi connectivity index (χ4v) is 2.38. The lowest BCUT2D eigenvalue weighted by Gasteiger charge is -2.01. The summed E-state index contributed by atoms with van der Waals surface area (Å²) in [5.41, 5.74) is 1.50. The smallest absolute Gasteiger partial charge is 0.271 e. The molecule has 5 nitrogen and oxygen atoms in total. The lowest BCUT2D eigenvalue weighted by atomic mass is 10.3. The van der Waals surface area contributed by atoms with E-state index in [1.165, 1.54) is 11.3 Å². The summed E-state index contributed by atoms with van der Waals surface area (Å²) in [6.45, 7) is 4.28. The average Bonchev–Trinajstić information content (AvgIpc) is 2.81. The van der Waals surface area contributed by atoms with Crippen molar-refractivity contribution in [1.29, 1.82) is 0 Å². The standard InChI is InChI=1S/C11H14N4OS/c1-7-10(14-8(2)17-7)11(16)12-4-9-5-13-15(3)6-9/h5-6H,4H2,1-3H3,(H,12,16). The Labute approximate surface area is 103 Å². The van der Waals surface area contributed by atoms with Gasteiger partial charge in [0.15, 0.2) is 0 Å². The number of carbonyl (C=O) groups excluding carboxylic acids is 1. The van der Waals surface area contributed by atoms with Crippen LogP contribution < -0.4 is 5.32 Å². The van der Waals surface area contributed by atoms with E-state index in [4.69, 9.17) is 0 Å². The Hall–Kier alpha value is -1.69. The van der Waals surface area contributed by atoms with Crippen molar-refractivity contribution in [3.8, 4) is 0 Å². The quantitative estimate of drug-likeness (QED) is 0.896. The minimum atomic E-state index is -0.129. The molecule has 0 aromatic carbocycles. The van der Waals surface area contributed by atoms with Crippen molar-refractivity contribution in [3.63, 3.8) is 0 Å². The first-order valence-electron chi connectivity index (χ1n) is 5.26. The monoisotopic (exact) mass is 250 g/mol. The van der Waals surface area contributed by atoms with E-state index < -0.39 is 0 Å². The van der Waals surface area contributed by atoms with Crippen LogP contribution in [0.15, 0.2) is 12.4 Å². The molecule has 0 bridgehead atoms. The zero-order chi connectivity index (χ0) is 12.4. The molecule has 2 aromatic rings. The number of nitrogens with zero attached hydrogens (tertiary/aromatic N) is 3. The minimum absolute atomic E-state index is 0.129. The molecular formula is C11H14N4OS. The van der Waals surface area contributed by atoms with Crippen molar-refractivity contribution >= 4 is 17.2 Å². The Morgan fingerprint density at radius 3 is 2.82 bits per heavy atom. The predicted octanol–water partition coefficient (Wildman–Crippen LogP) is 1.42. The second kappa shape index (κ2) is 4.67. The molecule has 90 valence electrons. The zero-order valence-electron chi connectivity index (χ0n) is 10.0. The molecule has 0 saturated carbocycles. The van der Waals surface area contributed by atoms with Gasteiger partial charge in [0.25, 0.3) is 5.91 Å². The second-order valence-corrected chi connectivity index (χ2v) is 5.25. The molecule has 0 aliphatic heterocycles. The summed E-state index contributed by atoms with van der Waals surface area (Å²) in [7, 11) is 1.85.